The van der Waals surface area contributed by atoms with Crippen molar-refractivity contribution >= 4 is 11.6 Å². The molecule has 118 valence electrons. The first-order valence-corrected chi connectivity index (χ1v) is 8.37. The van der Waals surface area contributed by atoms with Crippen molar-refractivity contribution in [2.45, 2.75) is 69.9 Å². The Balaban J connectivity index is 2.15. The Kier molecular flexibility index (Phi) is 5.02. The summed E-state index contributed by atoms with van der Waals surface area (Å²) < 4.78 is 0. The number of nitrogens with two attached hydrogens (primary N) is 1. The third-order valence-corrected chi connectivity index (χ3v) is 5.13. The van der Waals surface area contributed by atoms with E-state index in [0.29, 0.717) is 12.3 Å². The fourth-order valence-electron chi connectivity index (χ4n) is 3.84. The Morgan fingerprint density at radius 1 is 1.24 bits per heavy atom. The first kappa shape index (κ1) is 16.8. The van der Waals surface area contributed by atoms with E-state index in [1.54, 1.807) is 0 Å². The van der Waals surface area contributed by atoms with Gasteiger partial charge in [0.2, 0.25) is 0 Å². The minimum atomic E-state index is -0.692. The molecular formula is C18H28ClNO. The van der Waals surface area contributed by atoms with Crippen LogP contribution in [0.1, 0.15) is 58.4 Å². The smallest absolute Gasteiger partial charge is 0.0637 e. The van der Waals surface area contributed by atoms with E-state index in [1.165, 1.54) is 12.0 Å². The Labute approximate surface area is 133 Å². The van der Waals surface area contributed by atoms with Crippen molar-refractivity contribution in [3.63, 3.8) is 0 Å². The minimum Gasteiger partial charge on any atom is -0.390 e. The summed E-state index contributed by atoms with van der Waals surface area (Å²) >= 11 is 6.00. The molecule has 2 atom stereocenters. The van der Waals surface area contributed by atoms with Crippen LogP contribution in [0.2, 0.25) is 5.02 Å². The highest BCUT2D eigenvalue weighted by atomic mass is 35.5. The number of hydrogen-bond donors (Lipinski definition) is 2. The average Bonchev–Trinajstić information content (AvgIpc) is 2.27. The highest BCUT2D eigenvalue weighted by Gasteiger charge is 2.45. The zero-order chi connectivity index (χ0) is 15.7. The predicted octanol–water partition coefficient (Wildman–Crippen LogP) is 4.28. The van der Waals surface area contributed by atoms with Crippen LogP contribution in [0.3, 0.4) is 0 Å². The molecule has 2 unspecified atom stereocenters. The predicted molar refractivity (Wildman–Crippen MR) is 89.7 cm³/mol. The topological polar surface area (TPSA) is 46.2 Å². The van der Waals surface area contributed by atoms with Crippen LogP contribution in [0.5, 0.6) is 0 Å². The molecule has 0 spiro atoms. The quantitative estimate of drug-likeness (QED) is 0.824. The fraction of sp³-hybridized carbons (Fsp3) is 0.667. The van der Waals surface area contributed by atoms with Crippen LogP contribution in [-0.2, 0) is 5.41 Å². The molecule has 1 saturated carbocycles. The van der Waals surface area contributed by atoms with Crippen LogP contribution in [0.25, 0.3) is 0 Å². The van der Waals surface area contributed by atoms with Crippen molar-refractivity contribution in [2.75, 3.05) is 0 Å². The summed E-state index contributed by atoms with van der Waals surface area (Å²) in [6.07, 6.45) is 4.86. The lowest BCUT2D eigenvalue weighted by molar-refractivity contribution is 0.00742. The van der Waals surface area contributed by atoms with Gasteiger partial charge in [-0.25, -0.2) is 0 Å². The largest absolute Gasteiger partial charge is 0.390 e. The van der Waals surface area contributed by atoms with E-state index in [9.17, 15) is 5.11 Å². The van der Waals surface area contributed by atoms with Gasteiger partial charge in [0.1, 0.15) is 0 Å². The van der Waals surface area contributed by atoms with E-state index < -0.39 is 5.60 Å². The van der Waals surface area contributed by atoms with Gasteiger partial charge >= 0.3 is 0 Å². The van der Waals surface area contributed by atoms with Gasteiger partial charge in [0.15, 0.2) is 0 Å². The first-order chi connectivity index (χ1) is 9.75. The SMILES string of the molecule is CC(C)CC(C)(O)CC(N)C1(c2ccc(Cl)cc2)CCC1. The summed E-state index contributed by atoms with van der Waals surface area (Å²) in [5, 5.41) is 11.4. The molecule has 2 rings (SSSR count). The van der Waals surface area contributed by atoms with Gasteiger partial charge in [-0.2, -0.15) is 0 Å². The Bertz CT molecular complexity index is 463. The van der Waals surface area contributed by atoms with Gasteiger partial charge in [-0.3, -0.25) is 0 Å². The molecule has 1 aliphatic carbocycles. The molecule has 0 aromatic heterocycles. The van der Waals surface area contributed by atoms with Gasteiger partial charge in [0, 0.05) is 16.5 Å². The maximum Gasteiger partial charge on any atom is 0.0637 e. The highest BCUT2D eigenvalue weighted by molar-refractivity contribution is 6.30. The standard InChI is InChI=1S/C18H28ClNO/c1-13(2)11-17(3,21)12-16(20)18(9-4-10-18)14-5-7-15(19)8-6-14/h5-8,13,16,21H,4,9-12,20H2,1-3H3. The zero-order valence-corrected chi connectivity index (χ0v) is 14.2. The summed E-state index contributed by atoms with van der Waals surface area (Å²) in [5.74, 6) is 0.472. The number of halogens is 1. The number of rotatable bonds is 6. The van der Waals surface area contributed by atoms with Crippen LogP contribution in [0, 0.1) is 5.92 Å². The maximum atomic E-state index is 10.6. The zero-order valence-electron chi connectivity index (χ0n) is 13.4. The molecule has 0 amide bonds. The van der Waals surface area contributed by atoms with Gasteiger partial charge < -0.3 is 10.8 Å². The molecule has 0 aliphatic heterocycles. The minimum absolute atomic E-state index is 0.0128. The second-order valence-electron chi connectivity index (χ2n) is 7.42. The third kappa shape index (κ3) is 3.80. The maximum absolute atomic E-state index is 10.6. The van der Waals surface area contributed by atoms with Crippen LogP contribution in [-0.4, -0.2) is 16.7 Å². The molecule has 0 saturated heterocycles. The fourth-order valence-corrected chi connectivity index (χ4v) is 3.97. The van der Waals surface area contributed by atoms with Crippen molar-refractivity contribution < 1.29 is 5.11 Å². The van der Waals surface area contributed by atoms with Crippen molar-refractivity contribution in [3.8, 4) is 0 Å². The lowest BCUT2D eigenvalue weighted by atomic mass is 9.58. The van der Waals surface area contributed by atoms with Crippen LogP contribution in [0.15, 0.2) is 24.3 Å². The molecule has 21 heavy (non-hydrogen) atoms. The van der Waals surface area contributed by atoms with Crippen LogP contribution >= 0.6 is 11.6 Å². The van der Waals surface area contributed by atoms with Gasteiger partial charge in [-0.15, -0.1) is 0 Å². The summed E-state index contributed by atoms with van der Waals surface area (Å²) in [6, 6.07) is 8.06. The van der Waals surface area contributed by atoms with Gasteiger partial charge in [0.25, 0.3) is 0 Å². The lowest BCUT2D eigenvalue weighted by Gasteiger charge is -2.48. The lowest BCUT2D eigenvalue weighted by Crippen LogP contribution is -2.53. The monoisotopic (exact) mass is 309 g/mol. The molecule has 1 aromatic rings. The first-order valence-electron chi connectivity index (χ1n) is 7.99. The number of hydrogen-bond acceptors (Lipinski definition) is 2. The van der Waals surface area contributed by atoms with E-state index in [2.05, 4.69) is 26.0 Å². The molecule has 1 fully saturated rings. The molecule has 1 aromatic carbocycles. The Morgan fingerprint density at radius 3 is 2.24 bits per heavy atom. The second kappa shape index (κ2) is 6.28. The normalized spacial score (nSPS) is 21.7. The van der Waals surface area contributed by atoms with Crippen molar-refractivity contribution in [2.24, 2.45) is 11.7 Å². The van der Waals surface area contributed by atoms with E-state index in [-0.39, 0.29) is 11.5 Å². The van der Waals surface area contributed by atoms with E-state index in [1.807, 2.05) is 19.1 Å². The van der Waals surface area contributed by atoms with Crippen molar-refractivity contribution in [1.29, 1.82) is 0 Å². The Hall–Kier alpha value is -0.570. The number of benzene rings is 1. The summed E-state index contributed by atoms with van der Waals surface area (Å²) in [7, 11) is 0. The Morgan fingerprint density at radius 2 is 1.81 bits per heavy atom. The van der Waals surface area contributed by atoms with Gasteiger partial charge in [-0.1, -0.05) is 44.0 Å². The average molecular weight is 310 g/mol. The molecule has 0 bridgehead atoms. The van der Waals surface area contributed by atoms with Gasteiger partial charge in [-0.05, 0) is 56.2 Å². The van der Waals surface area contributed by atoms with Crippen molar-refractivity contribution in [3.05, 3.63) is 34.9 Å². The molecule has 0 heterocycles. The molecule has 3 N–H and O–H groups in total. The van der Waals surface area contributed by atoms with Crippen LogP contribution in [0.4, 0.5) is 0 Å². The summed E-state index contributed by atoms with van der Waals surface area (Å²) in [5.41, 5.74) is 7.15. The highest BCUT2D eigenvalue weighted by Crippen LogP contribution is 2.48. The number of aliphatic hydroxyl groups is 1. The van der Waals surface area contributed by atoms with E-state index in [4.69, 9.17) is 17.3 Å². The van der Waals surface area contributed by atoms with Crippen LogP contribution < -0.4 is 5.73 Å². The molecule has 3 heteroatoms. The molecule has 0 radical (unpaired) electrons. The second-order valence-corrected chi connectivity index (χ2v) is 7.86. The van der Waals surface area contributed by atoms with E-state index >= 15 is 0 Å². The summed E-state index contributed by atoms with van der Waals surface area (Å²) in [6.45, 7) is 6.19. The van der Waals surface area contributed by atoms with Crippen molar-refractivity contribution in [1.82, 2.24) is 0 Å². The van der Waals surface area contributed by atoms with Gasteiger partial charge in [0.05, 0.1) is 5.60 Å². The molecule has 2 nitrogen and oxygen atoms in total. The summed E-state index contributed by atoms with van der Waals surface area (Å²) in [4.78, 5) is 0. The van der Waals surface area contributed by atoms with E-state index in [0.717, 1.165) is 24.3 Å². The molecule has 1 aliphatic rings. The third-order valence-electron chi connectivity index (χ3n) is 4.88. The molecular weight excluding hydrogens is 282 g/mol.